The molecule has 0 fully saturated rings. The molecule has 16 heavy (non-hydrogen) atoms. The maximum atomic E-state index is 5.83. The minimum Gasteiger partial charge on any atom is -0.497 e. The Morgan fingerprint density at radius 3 is 2.38 bits per heavy atom. The first kappa shape index (κ1) is 13.4. The van der Waals surface area contributed by atoms with E-state index < -0.39 is 0 Å². The number of nitrogens with two attached hydrogens (primary N) is 1. The van der Waals surface area contributed by atoms with Gasteiger partial charge >= 0.3 is 0 Å². The highest BCUT2D eigenvalue weighted by molar-refractivity contribution is 8.00. The Labute approximate surface area is 103 Å². The van der Waals surface area contributed by atoms with E-state index in [0.29, 0.717) is 17.0 Å². The summed E-state index contributed by atoms with van der Waals surface area (Å²) in [5.74, 6) is 0.896. The molecule has 1 aromatic rings. The lowest BCUT2D eigenvalue weighted by Gasteiger charge is -2.19. The number of rotatable bonds is 6. The lowest BCUT2D eigenvalue weighted by Crippen LogP contribution is -2.12. The fourth-order valence-corrected chi connectivity index (χ4v) is 2.64. The van der Waals surface area contributed by atoms with Crippen molar-refractivity contribution < 1.29 is 4.74 Å². The first-order chi connectivity index (χ1) is 7.71. The summed E-state index contributed by atoms with van der Waals surface area (Å²) < 4.78 is 5.15. The van der Waals surface area contributed by atoms with Crippen LogP contribution >= 0.6 is 11.8 Å². The van der Waals surface area contributed by atoms with Gasteiger partial charge in [0, 0.05) is 17.0 Å². The van der Waals surface area contributed by atoms with E-state index in [4.69, 9.17) is 10.5 Å². The van der Waals surface area contributed by atoms with E-state index >= 15 is 0 Å². The predicted octanol–water partition coefficient (Wildman–Crippen LogP) is 3.23. The van der Waals surface area contributed by atoms with Crippen LogP contribution in [0.5, 0.6) is 5.75 Å². The SMILES string of the molecule is CCC(C)SC(CN)c1ccc(OC)cc1. The van der Waals surface area contributed by atoms with Gasteiger partial charge in [-0.15, -0.1) is 11.8 Å². The van der Waals surface area contributed by atoms with Crippen LogP contribution in [-0.2, 0) is 0 Å². The Morgan fingerprint density at radius 1 is 1.31 bits per heavy atom. The molecule has 0 spiro atoms. The lowest BCUT2D eigenvalue weighted by molar-refractivity contribution is 0.414. The van der Waals surface area contributed by atoms with E-state index in [1.54, 1.807) is 7.11 Å². The number of hydrogen-bond donors (Lipinski definition) is 1. The van der Waals surface area contributed by atoms with Gasteiger partial charge < -0.3 is 10.5 Å². The van der Waals surface area contributed by atoms with Crippen LogP contribution in [0.15, 0.2) is 24.3 Å². The van der Waals surface area contributed by atoms with Gasteiger partial charge in [0.1, 0.15) is 5.75 Å². The number of hydrogen-bond acceptors (Lipinski definition) is 3. The molecule has 0 radical (unpaired) electrons. The minimum atomic E-state index is 0.390. The maximum Gasteiger partial charge on any atom is 0.118 e. The van der Waals surface area contributed by atoms with Crippen LogP contribution in [0.4, 0.5) is 0 Å². The Bertz CT molecular complexity index is 299. The van der Waals surface area contributed by atoms with Crippen LogP contribution in [0.2, 0.25) is 0 Å². The summed E-state index contributed by atoms with van der Waals surface area (Å²) in [5, 5.41) is 1.04. The molecule has 0 saturated carbocycles. The quantitative estimate of drug-likeness (QED) is 0.828. The molecule has 0 saturated heterocycles. The van der Waals surface area contributed by atoms with Crippen molar-refractivity contribution in [1.82, 2.24) is 0 Å². The maximum absolute atomic E-state index is 5.83. The summed E-state index contributed by atoms with van der Waals surface area (Å²) in [6, 6.07) is 8.20. The van der Waals surface area contributed by atoms with Gasteiger partial charge in [0.15, 0.2) is 0 Å². The topological polar surface area (TPSA) is 35.2 Å². The van der Waals surface area contributed by atoms with Crippen LogP contribution in [0, 0.1) is 0 Å². The Morgan fingerprint density at radius 2 is 1.94 bits per heavy atom. The molecule has 1 aromatic carbocycles. The van der Waals surface area contributed by atoms with Crippen molar-refractivity contribution in [2.24, 2.45) is 5.73 Å². The molecule has 0 amide bonds. The average Bonchev–Trinajstić information content (AvgIpc) is 2.35. The van der Waals surface area contributed by atoms with E-state index in [0.717, 1.165) is 5.75 Å². The van der Waals surface area contributed by atoms with Gasteiger partial charge in [0.05, 0.1) is 7.11 Å². The molecule has 0 aliphatic carbocycles. The zero-order valence-electron chi connectivity index (χ0n) is 10.3. The zero-order chi connectivity index (χ0) is 12.0. The Hall–Kier alpha value is -0.670. The van der Waals surface area contributed by atoms with Crippen LogP contribution in [0.1, 0.15) is 31.1 Å². The second-order valence-electron chi connectivity index (χ2n) is 3.85. The summed E-state index contributed by atoms with van der Waals surface area (Å²) in [4.78, 5) is 0. The van der Waals surface area contributed by atoms with E-state index in [-0.39, 0.29) is 0 Å². The fraction of sp³-hybridized carbons (Fsp3) is 0.538. The van der Waals surface area contributed by atoms with Crippen LogP contribution in [0.25, 0.3) is 0 Å². The molecule has 2 atom stereocenters. The van der Waals surface area contributed by atoms with Gasteiger partial charge in [0.25, 0.3) is 0 Å². The second kappa shape index (κ2) is 6.81. The molecular formula is C13H21NOS. The van der Waals surface area contributed by atoms with Gasteiger partial charge in [-0.3, -0.25) is 0 Å². The standard InChI is InChI=1S/C13H21NOS/c1-4-10(2)16-13(9-14)11-5-7-12(15-3)8-6-11/h5-8,10,13H,4,9,14H2,1-3H3. The molecule has 0 aromatic heterocycles. The third kappa shape index (κ3) is 3.72. The largest absolute Gasteiger partial charge is 0.497 e. The van der Waals surface area contributed by atoms with Gasteiger partial charge in [-0.25, -0.2) is 0 Å². The monoisotopic (exact) mass is 239 g/mol. The Balaban J connectivity index is 2.70. The van der Waals surface area contributed by atoms with Crippen molar-refractivity contribution in [2.75, 3.05) is 13.7 Å². The molecule has 0 aliphatic heterocycles. The molecule has 90 valence electrons. The summed E-state index contributed by atoms with van der Waals surface area (Å²) in [5.41, 5.74) is 7.11. The van der Waals surface area contributed by atoms with Gasteiger partial charge in [0.2, 0.25) is 0 Å². The highest BCUT2D eigenvalue weighted by Crippen LogP contribution is 2.33. The molecular weight excluding hydrogens is 218 g/mol. The predicted molar refractivity (Wildman–Crippen MR) is 72.1 cm³/mol. The average molecular weight is 239 g/mol. The molecule has 0 aliphatic rings. The number of methoxy groups -OCH3 is 1. The number of thioether (sulfide) groups is 1. The van der Waals surface area contributed by atoms with Gasteiger partial charge in [-0.1, -0.05) is 26.0 Å². The van der Waals surface area contributed by atoms with Gasteiger partial charge in [-0.05, 0) is 24.1 Å². The van der Waals surface area contributed by atoms with Crippen molar-refractivity contribution >= 4 is 11.8 Å². The van der Waals surface area contributed by atoms with Crippen molar-refractivity contribution in [1.29, 1.82) is 0 Å². The summed E-state index contributed by atoms with van der Waals surface area (Å²) >= 11 is 1.95. The third-order valence-corrected chi connectivity index (χ3v) is 4.26. The van der Waals surface area contributed by atoms with Crippen LogP contribution in [0.3, 0.4) is 0 Å². The zero-order valence-corrected chi connectivity index (χ0v) is 11.1. The molecule has 2 unspecified atom stereocenters. The van der Waals surface area contributed by atoms with Crippen molar-refractivity contribution in [3.05, 3.63) is 29.8 Å². The first-order valence-electron chi connectivity index (χ1n) is 5.70. The van der Waals surface area contributed by atoms with Crippen molar-refractivity contribution in [3.63, 3.8) is 0 Å². The van der Waals surface area contributed by atoms with Gasteiger partial charge in [-0.2, -0.15) is 0 Å². The second-order valence-corrected chi connectivity index (χ2v) is 5.50. The van der Waals surface area contributed by atoms with E-state index in [9.17, 15) is 0 Å². The van der Waals surface area contributed by atoms with Crippen molar-refractivity contribution in [2.45, 2.75) is 30.8 Å². The molecule has 3 heteroatoms. The third-order valence-electron chi connectivity index (χ3n) is 2.67. The lowest BCUT2D eigenvalue weighted by atomic mass is 10.1. The van der Waals surface area contributed by atoms with Crippen LogP contribution < -0.4 is 10.5 Å². The summed E-state index contributed by atoms with van der Waals surface area (Å²) in [6.07, 6.45) is 1.18. The van der Waals surface area contributed by atoms with Crippen LogP contribution in [-0.4, -0.2) is 18.9 Å². The minimum absolute atomic E-state index is 0.390. The van der Waals surface area contributed by atoms with E-state index in [1.165, 1.54) is 12.0 Å². The fourth-order valence-electron chi connectivity index (χ4n) is 1.47. The molecule has 1 rings (SSSR count). The first-order valence-corrected chi connectivity index (χ1v) is 6.65. The van der Waals surface area contributed by atoms with E-state index in [1.807, 2.05) is 23.9 Å². The molecule has 2 nitrogen and oxygen atoms in total. The molecule has 0 bridgehead atoms. The highest BCUT2D eigenvalue weighted by atomic mass is 32.2. The van der Waals surface area contributed by atoms with Crippen molar-refractivity contribution in [3.8, 4) is 5.75 Å². The molecule has 2 N–H and O–H groups in total. The molecule has 0 heterocycles. The smallest absolute Gasteiger partial charge is 0.118 e. The van der Waals surface area contributed by atoms with E-state index in [2.05, 4.69) is 26.0 Å². The normalized spacial score (nSPS) is 14.5. The summed E-state index contributed by atoms with van der Waals surface area (Å²) in [6.45, 7) is 5.14. The highest BCUT2D eigenvalue weighted by Gasteiger charge is 2.13. The number of benzene rings is 1. The number of ether oxygens (including phenoxy) is 1. The Kier molecular flexibility index (Phi) is 5.71. The summed E-state index contributed by atoms with van der Waals surface area (Å²) in [7, 11) is 1.68.